The van der Waals surface area contributed by atoms with Crippen LogP contribution in [0.5, 0.6) is 5.75 Å². The van der Waals surface area contributed by atoms with Crippen molar-refractivity contribution in [2.75, 3.05) is 0 Å². The third-order valence-corrected chi connectivity index (χ3v) is 3.22. The maximum absolute atomic E-state index is 12.1. The molecule has 0 atom stereocenters. The Bertz CT molecular complexity index is 730. The largest absolute Gasteiger partial charge is 0.507 e. The highest BCUT2D eigenvalue weighted by Crippen LogP contribution is 2.21. The first-order valence-corrected chi connectivity index (χ1v) is 7.00. The van der Waals surface area contributed by atoms with Gasteiger partial charge in [0.2, 0.25) is 0 Å². The van der Waals surface area contributed by atoms with Crippen LogP contribution in [0, 0.1) is 0 Å². The molecule has 2 rings (SSSR count). The predicted molar refractivity (Wildman–Crippen MR) is 86.5 cm³/mol. The molecule has 0 aliphatic rings. The Morgan fingerprint density at radius 2 is 1.91 bits per heavy atom. The smallest absolute Gasteiger partial charge is 0.275 e. The highest BCUT2D eigenvalue weighted by Gasteiger charge is 2.11. The zero-order valence-electron chi connectivity index (χ0n) is 11.3. The molecule has 0 fully saturated rings. The van der Waals surface area contributed by atoms with Gasteiger partial charge >= 0.3 is 0 Å². The maximum atomic E-state index is 12.1. The first-order chi connectivity index (χ1) is 10.6. The van der Waals surface area contributed by atoms with Gasteiger partial charge in [-0.3, -0.25) is 4.79 Å². The number of aromatic hydroxyl groups is 1. The van der Waals surface area contributed by atoms with Crippen LogP contribution in [-0.2, 0) is 0 Å². The van der Waals surface area contributed by atoms with Gasteiger partial charge in [0.05, 0.1) is 11.8 Å². The van der Waals surface area contributed by atoms with Gasteiger partial charge in [0.25, 0.3) is 5.91 Å². The van der Waals surface area contributed by atoms with Crippen LogP contribution in [-0.4, -0.2) is 28.1 Å². The molecule has 0 saturated carbocycles. The number of oxime groups is 1. The summed E-state index contributed by atoms with van der Waals surface area (Å²) in [5.74, 6) is -0.744. The van der Waals surface area contributed by atoms with E-state index >= 15 is 0 Å². The summed E-state index contributed by atoms with van der Waals surface area (Å²) in [6.45, 7) is 0. The van der Waals surface area contributed by atoms with Crippen LogP contribution in [0.25, 0.3) is 0 Å². The molecule has 0 radical (unpaired) electrons. The second kappa shape index (κ2) is 7.37. The fraction of sp³-hybridized carbons (Fsp3) is 0. The highest BCUT2D eigenvalue weighted by molar-refractivity contribution is 9.10. The van der Waals surface area contributed by atoms with Crippen LogP contribution in [0.1, 0.15) is 15.9 Å². The summed E-state index contributed by atoms with van der Waals surface area (Å²) >= 11 is 3.23. The van der Waals surface area contributed by atoms with Crippen molar-refractivity contribution in [2.45, 2.75) is 0 Å². The zero-order chi connectivity index (χ0) is 15.9. The van der Waals surface area contributed by atoms with Crippen LogP contribution in [0.3, 0.4) is 0 Å². The van der Waals surface area contributed by atoms with E-state index in [-0.39, 0.29) is 17.0 Å². The predicted octanol–water partition coefficient (Wildman–Crippen LogP) is 2.75. The second-order valence-electron chi connectivity index (χ2n) is 4.21. The van der Waals surface area contributed by atoms with Crippen molar-refractivity contribution in [1.29, 1.82) is 0 Å². The van der Waals surface area contributed by atoms with Gasteiger partial charge in [-0.15, -0.1) is 0 Å². The summed E-state index contributed by atoms with van der Waals surface area (Å²) in [6.07, 6.45) is 1.11. The average molecular weight is 362 g/mol. The number of benzene rings is 2. The van der Waals surface area contributed by atoms with Gasteiger partial charge in [0.1, 0.15) is 11.5 Å². The molecule has 0 bridgehead atoms. The van der Waals surface area contributed by atoms with Crippen molar-refractivity contribution in [3.63, 3.8) is 0 Å². The van der Waals surface area contributed by atoms with E-state index in [0.717, 1.165) is 6.21 Å². The summed E-state index contributed by atoms with van der Waals surface area (Å²) in [7, 11) is 0. The van der Waals surface area contributed by atoms with E-state index in [1.54, 1.807) is 30.3 Å². The molecule has 0 aromatic heterocycles. The minimum absolute atomic E-state index is 0.0754. The van der Waals surface area contributed by atoms with Crippen molar-refractivity contribution < 1.29 is 15.1 Å². The number of nitrogens with zero attached hydrogens (tertiary/aromatic N) is 2. The summed E-state index contributed by atoms with van der Waals surface area (Å²) in [6, 6.07) is 13.4. The van der Waals surface area contributed by atoms with Gasteiger partial charge in [-0.1, -0.05) is 51.4 Å². The SMILES string of the molecule is O=C(N/N=C(\C=N\O)c1ccccc1)c1cc(Br)ccc1O. The minimum Gasteiger partial charge on any atom is -0.507 e. The van der Waals surface area contributed by atoms with Gasteiger partial charge in [-0.2, -0.15) is 5.10 Å². The molecule has 0 aliphatic heterocycles. The number of phenols is 1. The van der Waals surface area contributed by atoms with Crippen molar-refractivity contribution in [3.05, 3.63) is 64.1 Å². The molecule has 6 nitrogen and oxygen atoms in total. The normalized spacial score (nSPS) is 11.6. The highest BCUT2D eigenvalue weighted by atomic mass is 79.9. The lowest BCUT2D eigenvalue weighted by atomic mass is 10.1. The van der Waals surface area contributed by atoms with E-state index < -0.39 is 5.91 Å². The summed E-state index contributed by atoms with van der Waals surface area (Å²) in [5, 5.41) is 25.2. The number of carbonyl (C=O) groups excluding carboxylic acids is 1. The molecule has 1 amide bonds. The van der Waals surface area contributed by atoms with Gasteiger partial charge < -0.3 is 10.3 Å². The van der Waals surface area contributed by atoms with Crippen LogP contribution in [0.2, 0.25) is 0 Å². The lowest BCUT2D eigenvalue weighted by Gasteiger charge is -2.05. The number of halogens is 1. The number of hydrazone groups is 1. The molecular weight excluding hydrogens is 350 g/mol. The Kier molecular flexibility index (Phi) is 5.26. The summed E-state index contributed by atoms with van der Waals surface area (Å²) < 4.78 is 0.652. The Morgan fingerprint density at radius 1 is 1.18 bits per heavy atom. The van der Waals surface area contributed by atoms with E-state index in [2.05, 4.69) is 31.6 Å². The Morgan fingerprint density at radius 3 is 2.59 bits per heavy atom. The molecule has 2 aromatic rings. The zero-order valence-corrected chi connectivity index (χ0v) is 12.9. The van der Waals surface area contributed by atoms with E-state index in [4.69, 9.17) is 5.21 Å². The third-order valence-electron chi connectivity index (χ3n) is 2.73. The fourth-order valence-corrected chi connectivity index (χ4v) is 2.05. The first kappa shape index (κ1) is 15.7. The number of hydrogen-bond donors (Lipinski definition) is 3. The summed E-state index contributed by atoms with van der Waals surface area (Å²) in [5.41, 5.74) is 3.33. The molecule has 3 N–H and O–H groups in total. The van der Waals surface area contributed by atoms with Crippen molar-refractivity contribution in [3.8, 4) is 5.75 Å². The average Bonchev–Trinajstić information content (AvgIpc) is 2.54. The molecule has 2 aromatic carbocycles. The molecule has 112 valence electrons. The lowest BCUT2D eigenvalue weighted by Crippen LogP contribution is -2.20. The van der Waals surface area contributed by atoms with Gasteiger partial charge in [-0.25, -0.2) is 5.43 Å². The van der Waals surface area contributed by atoms with Crippen molar-refractivity contribution in [2.24, 2.45) is 10.3 Å². The number of rotatable bonds is 4. The number of carbonyl (C=O) groups is 1. The Labute approximate surface area is 134 Å². The van der Waals surface area contributed by atoms with Gasteiger partial charge in [-0.05, 0) is 18.2 Å². The monoisotopic (exact) mass is 361 g/mol. The van der Waals surface area contributed by atoms with Crippen LogP contribution >= 0.6 is 15.9 Å². The molecule has 0 spiro atoms. The topological polar surface area (TPSA) is 94.3 Å². The lowest BCUT2D eigenvalue weighted by molar-refractivity contribution is 0.0952. The quantitative estimate of drug-likeness (QED) is 0.444. The fourth-order valence-electron chi connectivity index (χ4n) is 1.69. The van der Waals surface area contributed by atoms with Crippen molar-refractivity contribution >= 4 is 33.8 Å². The summed E-state index contributed by atoms with van der Waals surface area (Å²) in [4.78, 5) is 12.1. The molecule has 22 heavy (non-hydrogen) atoms. The molecule has 7 heteroatoms. The molecule has 0 heterocycles. The molecule has 0 aliphatic carbocycles. The van der Waals surface area contributed by atoms with Crippen molar-refractivity contribution in [1.82, 2.24) is 5.43 Å². The standard InChI is InChI=1S/C15H12BrN3O3/c16-11-6-7-14(20)12(8-11)15(21)19-18-13(9-17-22)10-4-2-1-3-5-10/h1-9,20,22H,(H,19,21)/b17-9+,18-13+. The number of amides is 1. The molecule has 0 saturated heterocycles. The number of phenolic OH excluding ortho intramolecular Hbond substituents is 1. The third kappa shape index (κ3) is 3.92. The Hall–Kier alpha value is -2.67. The van der Waals surface area contributed by atoms with E-state index in [9.17, 15) is 9.90 Å². The van der Waals surface area contributed by atoms with Crippen LogP contribution in [0.15, 0.2) is 63.3 Å². The van der Waals surface area contributed by atoms with E-state index in [1.165, 1.54) is 12.1 Å². The van der Waals surface area contributed by atoms with E-state index in [1.807, 2.05) is 6.07 Å². The maximum Gasteiger partial charge on any atom is 0.275 e. The van der Waals surface area contributed by atoms with Crippen LogP contribution in [0.4, 0.5) is 0 Å². The van der Waals surface area contributed by atoms with Gasteiger partial charge in [0, 0.05) is 10.0 Å². The second-order valence-corrected chi connectivity index (χ2v) is 5.13. The van der Waals surface area contributed by atoms with E-state index in [0.29, 0.717) is 10.0 Å². The molecular formula is C15H12BrN3O3. The minimum atomic E-state index is -0.585. The number of hydrogen-bond acceptors (Lipinski definition) is 5. The Balaban J connectivity index is 2.24. The van der Waals surface area contributed by atoms with Gasteiger partial charge in [0.15, 0.2) is 0 Å². The molecule has 0 unspecified atom stereocenters. The van der Waals surface area contributed by atoms with Crippen LogP contribution < -0.4 is 5.43 Å². The first-order valence-electron chi connectivity index (χ1n) is 6.21. The number of nitrogens with one attached hydrogen (secondary N) is 1.